The van der Waals surface area contributed by atoms with Crippen molar-refractivity contribution in [2.45, 2.75) is 374 Å². The molecule has 1 atom stereocenters. The Kier molecular flexibility index (Phi) is 68.2. The van der Waals surface area contributed by atoms with Crippen LogP contribution in [0.5, 0.6) is 0 Å². The van der Waals surface area contributed by atoms with Crippen LogP contribution < -0.4 is 0 Å². The fraction of sp³-hybridized carbons (Fsp3) is 0.779. The number of allylic oxidation sites excluding steroid dienone is 14. The van der Waals surface area contributed by atoms with Gasteiger partial charge in [-0.15, -0.1) is 0 Å². The molecule has 0 spiro atoms. The molecule has 1 unspecified atom stereocenters. The molecule has 6 heteroatoms. The second-order valence-corrected chi connectivity index (χ2v) is 24.1. The Morgan fingerprint density at radius 2 is 0.494 bits per heavy atom. The first kappa shape index (κ1) is 79.6. The number of ether oxygens (including phenoxy) is 3. The third-order valence-electron chi connectivity index (χ3n) is 15.9. The number of rotatable bonds is 66. The molecule has 0 aromatic rings. The van der Waals surface area contributed by atoms with Gasteiger partial charge in [0.25, 0.3) is 0 Å². The van der Waals surface area contributed by atoms with Crippen molar-refractivity contribution >= 4 is 17.9 Å². The van der Waals surface area contributed by atoms with Crippen LogP contribution in [0.3, 0.4) is 0 Å². The third kappa shape index (κ3) is 69.3. The summed E-state index contributed by atoms with van der Waals surface area (Å²) in [5, 5.41) is 0. The lowest BCUT2D eigenvalue weighted by Gasteiger charge is -2.18. The van der Waals surface area contributed by atoms with E-state index in [-0.39, 0.29) is 31.1 Å². The predicted octanol–water partition coefficient (Wildman–Crippen LogP) is 25.0. The minimum Gasteiger partial charge on any atom is -0.462 e. The molecule has 83 heavy (non-hydrogen) atoms. The van der Waals surface area contributed by atoms with E-state index in [0.29, 0.717) is 19.3 Å². The van der Waals surface area contributed by atoms with Gasteiger partial charge in [0.1, 0.15) is 13.2 Å². The fourth-order valence-electron chi connectivity index (χ4n) is 10.5. The van der Waals surface area contributed by atoms with Crippen LogP contribution in [0.25, 0.3) is 0 Å². The van der Waals surface area contributed by atoms with Crippen LogP contribution in [0.1, 0.15) is 367 Å². The first-order chi connectivity index (χ1) is 41.0. The Hall–Kier alpha value is -3.41. The molecule has 0 aliphatic heterocycles. The van der Waals surface area contributed by atoms with E-state index in [1.165, 1.54) is 186 Å². The van der Waals surface area contributed by atoms with Crippen LogP contribution in [0.15, 0.2) is 85.1 Å². The number of unbranched alkanes of at least 4 members (excludes halogenated alkanes) is 41. The fourth-order valence-corrected chi connectivity index (χ4v) is 10.5. The van der Waals surface area contributed by atoms with Gasteiger partial charge in [0, 0.05) is 19.3 Å². The van der Waals surface area contributed by atoms with Gasteiger partial charge in [-0.3, -0.25) is 14.4 Å². The molecule has 0 bridgehead atoms. The van der Waals surface area contributed by atoms with Gasteiger partial charge in [0.15, 0.2) is 6.10 Å². The van der Waals surface area contributed by atoms with Crippen LogP contribution in [0, 0.1) is 0 Å². The summed E-state index contributed by atoms with van der Waals surface area (Å²) in [6, 6.07) is 0. The Morgan fingerprint density at radius 1 is 0.253 bits per heavy atom. The number of carbonyl (C=O) groups is 3. The zero-order chi connectivity index (χ0) is 59.9. The molecular formula is C77H136O6. The van der Waals surface area contributed by atoms with E-state index in [9.17, 15) is 14.4 Å². The molecule has 0 aliphatic carbocycles. The molecule has 0 aromatic heterocycles. The molecule has 0 radical (unpaired) electrons. The molecule has 0 fully saturated rings. The summed E-state index contributed by atoms with van der Waals surface area (Å²) in [5.41, 5.74) is 0. The van der Waals surface area contributed by atoms with Crippen molar-refractivity contribution in [1.29, 1.82) is 0 Å². The Balaban J connectivity index is 4.21. The van der Waals surface area contributed by atoms with E-state index in [1.54, 1.807) is 0 Å². The average Bonchev–Trinajstić information content (AvgIpc) is 3.49. The first-order valence-electron chi connectivity index (χ1n) is 36.1. The zero-order valence-electron chi connectivity index (χ0n) is 55.2. The Morgan fingerprint density at radius 3 is 0.783 bits per heavy atom. The van der Waals surface area contributed by atoms with Gasteiger partial charge in [-0.25, -0.2) is 0 Å². The standard InChI is InChI=1S/C77H136O6/c1-4-7-10-13-16-19-22-25-27-29-31-33-34-35-36-37-38-39-40-41-42-44-45-47-49-52-55-58-61-64-67-70-76(79)82-73-74(72-81-75(78)69-66-63-60-57-54-51-24-21-18-15-12-9-6-3)83-77(80)71-68-65-62-59-56-53-50-48-46-43-32-30-28-26-23-20-17-14-11-8-5-2/h8,11-12,15,17,20-21,24,26,28,32,43,48,50,74H,4-7,9-10,13-14,16,18-19,22-23,25,27,29-31,33-42,44-47,49,51-73H2,1-3H3/b11-8-,15-12-,20-17-,24-21-,28-26-,43-32-,50-48-. The van der Waals surface area contributed by atoms with Crippen LogP contribution in [-0.4, -0.2) is 37.2 Å². The van der Waals surface area contributed by atoms with E-state index in [1.807, 2.05) is 0 Å². The van der Waals surface area contributed by atoms with Crippen molar-refractivity contribution in [2.24, 2.45) is 0 Å². The molecule has 0 rings (SSSR count). The lowest BCUT2D eigenvalue weighted by Crippen LogP contribution is -2.30. The van der Waals surface area contributed by atoms with Crippen molar-refractivity contribution in [3.8, 4) is 0 Å². The van der Waals surface area contributed by atoms with Gasteiger partial charge in [0.2, 0.25) is 0 Å². The molecule has 6 nitrogen and oxygen atoms in total. The highest BCUT2D eigenvalue weighted by Crippen LogP contribution is 2.18. The minimum atomic E-state index is -0.794. The van der Waals surface area contributed by atoms with Crippen molar-refractivity contribution in [1.82, 2.24) is 0 Å². The van der Waals surface area contributed by atoms with Crippen molar-refractivity contribution in [3.05, 3.63) is 85.1 Å². The van der Waals surface area contributed by atoms with Crippen LogP contribution in [0.4, 0.5) is 0 Å². The second-order valence-electron chi connectivity index (χ2n) is 24.1. The van der Waals surface area contributed by atoms with Crippen LogP contribution in [0.2, 0.25) is 0 Å². The number of carbonyl (C=O) groups excluding carboxylic acids is 3. The lowest BCUT2D eigenvalue weighted by atomic mass is 10.0. The van der Waals surface area contributed by atoms with E-state index >= 15 is 0 Å². The van der Waals surface area contributed by atoms with E-state index in [2.05, 4.69) is 106 Å². The van der Waals surface area contributed by atoms with Gasteiger partial charge in [-0.1, -0.05) is 343 Å². The number of hydrogen-bond acceptors (Lipinski definition) is 6. The van der Waals surface area contributed by atoms with Gasteiger partial charge < -0.3 is 14.2 Å². The molecule has 0 aromatic carbocycles. The lowest BCUT2D eigenvalue weighted by molar-refractivity contribution is -0.167. The van der Waals surface area contributed by atoms with Gasteiger partial charge in [0.05, 0.1) is 0 Å². The summed E-state index contributed by atoms with van der Waals surface area (Å²) in [6.45, 7) is 6.48. The summed E-state index contributed by atoms with van der Waals surface area (Å²) < 4.78 is 16.9. The summed E-state index contributed by atoms with van der Waals surface area (Å²) in [6.07, 6.45) is 94.9. The molecule has 480 valence electrons. The monoisotopic (exact) mass is 1160 g/mol. The topological polar surface area (TPSA) is 78.9 Å². The van der Waals surface area contributed by atoms with Crippen molar-refractivity contribution in [2.75, 3.05) is 13.2 Å². The predicted molar refractivity (Wildman–Crippen MR) is 362 cm³/mol. The quantitative estimate of drug-likeness (QED) is 0.0261. The molecule has 0 heterocycles. The summed E-state index contributed by atoms with van der Waals surface area (Å²) in [5.74, 6) is -0.904. The SMILES string of the molecule is CC/C=C\C/C=C\C/C=C\C/C=C\C/C=C\CCCCCCCC(=O)OC(COC(=O)CCCCCCC/C=C\C/C=C\CCC)COC(=O)CCCCCCCCCCCCCCCCCCCCCCCCCCCCCCCCC. The third-order valence-corrected chi connectivity index (χ3v) is 15.9. The smallest absolute Gasteiger partial charge is 0.306 e. The number of esters is 3. The molecular weight excluding hydrogens is 1020 g/mol. The molecule has 0 aliphatic rings. The van der Waals surface area contributed by atoms with Gasteiger partial charge in [-0.05, 0) is 89.9 Å². The Bertz CT molecular complexity index is 1570. The molecule has 0 N–H and O–H groups in total. The Labute approximate surface area is 515 Å². The minimum absolute atomic E-state index is 0.0866. The van der Waals surface area contributed by atoms with Gasteiger partial charge in [-0.2, -0.15) is 0 Å². The zero-order valence-corrected chi connectivity index (χ0v) is 55.2. The molecule has 0 amide bonds. The largest absolute Gasteiger partial charge is 0.462 e. The van der Waals surface area contributed by atoms with E-state index in [0.717, 1.165) is 141 Å². The van der Waals surface area contributed by atoms with Gasteiger partial charge >= 0.3 is 17.9 Å². The maximum absolute atomic E-state index is 12.9. The average molecular weight is 1160 g/mol. The summed E-state index contributed by atoms with van der Waals surface area (Å²) >= 11 is 0. The van der Waals surface area contributed by atoms with Crippen molar-refractivity contribution < 1.29 is 28.6 Å². The summed E-state index contributed by atoms with van der Waals surface area (Å²) in [7, 11) is 0. The summed E-state index contributed by atoms with van der Waals surface area (Å²) in [4.78, 5) is 38.4. The first-order valence-corrected chi connectivity index (χ1v) is 36.1. The highest BCUT2D eigenvalue weighted by molar-refractivity contribution is 5.71. The molecule has 0 saturated carbocycles. The highest BCUT2D eigenvalue weighted by Gasteiger charge is 2.19. The van der Waals surface area contributed by atoms with Crippen LogP contribution in [-0.2, 0) is 28.6 Å². The van der Waals surface area contributed by atoms with E-state index < -0.39 is 6.10 Å². The maximum atomic E-state index is 12.9. The highest BCUT2D eigenvalue weighted by atomic mass is 16.6. The normalized spacial score (nSPS) is 12.6. The molecule has 0 saturated heterocycles. The van der Waals surface area contributed by atoms with E-state index in [4.69, 9.17) is 14.2 Å². The maximum Gasteiger partial charge on any atom is 0.306 e. The van der Waals surface area contributed by atoms with Crippen molar-refractivity contribution in [3.63, 3.8) is 0 Å². The second kappa shape index (κ2) is 71.1. The number of hydrogen-bond donors (Lipinski definition) is 0. The van der Waals surface area contributed by atoms with Crippen LogP contribution >= 0.6 is 0 Å².